The van der Waals surface area contributed by atoms with Crippen molar-refractivity contribution in [3.63, 3.8) is 0 Å². The van der Waals surface area contributed by atoms with Crippen LogP contribution in [0.1, 0.15) is 43.2 Å². The molecule has 0 radical (unpaired) electrons. The molecule has 3 aromatic carbocycles. The summed E-state index contributed by atoms with van der Waals surface area (Å²) in [6, 6.07) is 22.1. The van der Waals surface area contributed by atoms with Gasteiger partial charge in [-0.15, -0.1) is 0 Å². The van der Waals surface area contributed by atoms with Gasteiger partial charge in [0.05, 0.1) is 0 Å². The highest BCUT2D eigenvalue weighted by molar-refractivity contribution is 6.30. The second kappa shape index (κ2) is 13.2. The number of para-hydroxylation sites is 1. The number of amides is 2. The van der Waals surface area contributed by atoms with Crippen molar-refractivity contribution in [2.24, 2.45) is 0 Å². The lowest BCUT2D eigenvalue weighted by atomic mass is 9.94. The number of hydrogen-bond donors (Lipinski definition) is 1. The Hall–Kier alpha value is -3.38. The molecule has 1 aliphatic rings. The first-order valence-electron chi connectivity index (χ1n) is 12.7. The Labute approximate surface area is 222 Å². The van der Waals surface area contributed by atoms with E-state index in [9.17, 15) is 14.0 Å². The summed E-state index contributed by atoms with van der Waals surface area (Å²) in [5, 5.41) is 3.74. The quantitative estimate of drug-likeness (QED) is 0.358. The molecule has 1 N–H and O–H groups in total. The number of carbonyl (C=O) groups is 2. The van der Waals surface area contributed by atoms with Crippen molar-refractivity contribution in [2.75, 3.05) is 6.61 Å². The number of halogens is 2. The van der Waals surface area contributed by atoms with Gasteiger partial charge in [-0.25, -0.2) is 4.39 Å². The fourth-order valence-electron chi connectivity index (χ4n) is 4.71. The molecule has 2 amide bonds. The Morgan fingerprint density at radius 3 is 2.38 bits per heavy atom. The molecule has 37 heavy (non-hydrogen) atoms. The Morgan fingerprint density at radius 1 is 0.946 bits per heavy atom. The van der Waals surface area contributed by atoms with E-state index >= 15 is 0 Å². The second-order valence-electron chi connectivity index (χ2n) is 9.42. The molecule has 0 saturated heterocycles. The zero-order valence-corrected chi connectivity index (χ0v) is 21.5. The van der Waals surface area contributed by atoms with Crippen LogP contribution in [0, 0.1) is 5.82 Å². The molecule has 0 heterocycles. The molecule has 0 spiro atoms. The summed E-state index contributed by atoms with van der Waals surface area (Å²) in [6.07, 6.45) is 5.54. The molecule has 3 aromatic rings. The molecule has 5 nitrogen and oxygen atoms in total. The van der Waals surface area contributed by atoms with E-state index in [4.69, 9.17) is 16.3 Å². The number of carbonyl (C=O) groups excluding carboxylic acids is 2. The van der Waals surface area contributed by atoms with Gasteiger partial charge in [0.15, 0.2) is 18.2 Å². The molecule has 194 valence electrons. The summed E-state index contributed by atoms with van der Waals surface area (Å²) < 4.78 is 19.7. The van der Waals surface area contributed by atoms with Crippen LogP contribution in [0.15, 0.2) is 78.9 Å². The van der Waals surface area contributed by atoms with Crippen molar-refractivity contribution in [1.29, 1.82) is 0 Å². The van der Waals surface area contributed by atoms with Crippen molar-refractivity contribution in [2.45, 2.75) is 57.2 Å². The van der Waals surface area contributed by atoms with Gasteiger partial charge < -0.3 is 15.0 Å². The predicted molar refractivity (Wildman–Crippen MR) is 143 cm³/mol. The van der Waals surface area contributed by atoms with Crippen LogP contribution in [0.3, 0.4) is 0 Å². The maximum atomic E-state index is 14.1. The number of benzene rings is 3. The third-order valence-corrected chi connectivity index (χ3v) is 6.89. The normalized spacial score (nSPS) is 14.5. The third kappa shape index (κ3) is 7.80. The number of rotatable bonds is 10. The smallest absolute Gasteiger partial charge is 0.261 e. The van der Waals surface area contributed by atoms with E-state index < -0.39 is 24.4 Å². The van der Waals surface area contributed by atoms with Crippen LogP contribution >= 0.6 is 11.6 Å². The molecule has 0 bridgehead atoms. The summed E-state index contributed by atoms with van der Waals surface area (Å²) in [6.45, 7) is -0.237. The first-order chi connectivity index (χ1) is 18.0. The van der Waals surface area contributed by atoms with Gasteiger partial charge in [0.25, 0.3) is 5.91 Å². The largest absolute Gasteiger partial charge is 0.481 e. The maximum absolute atomic E-state index is 14.1. The molecular weight excluding hydrogens is 491 g/mol. The Balaban J connectivity index is 1.62. The summed E-state index contributed by atoms with van der Waals surface area (Å²) in [5.74, 6) is -1.17. The maximum Gasteiger partial charge on any atom is 0.261 e. The average Bonchev–Trinajstić information content (AvgIpc) is 2.91. The molecule has 4 rings (SSSR count). The molecular formula is C30H32ClFN2O3. The van der Waals surface area contributed by atoms with E-state index in [1.54, 1.807) is 24.3 Å². The minimum atomic E-state index is -0.778. The van der Waals surface area contributed by atoms with Crippen molar-refractivity contribution in [3.8, 4) is 5.75 Å². The van der Waals surface area contributed by atoms with Crippen molar-refractivity contribution in [3.05, 3.63) is 101 Å². The molecule has 1 fully saturated rings. The first kappa shape index (κ1) is 26.7. The summed E-state index contributed by atoms with van der Waals surface area (Å²) >= 11 is 6.22. The number of nitrogens with one attached hydrogen (secondary N) is 1. The SMILES string of the molecule is O=C(NC1CCCCC1)[C@H](Cc1ccccc1)N(Cc1cccc(Cl)c1)C(=O)COc1ccccc1F. The Morgan fingerprint density at radius 2 is 1.65 bits per heavy atom. The minimum absolute atomic E-state index is 0.00942. The fourth-order valence-corrected chi connectivity index (χ4v) is 4.93. The van der Waals surface area contributed by atoms with E-state index in [1.165, 1.54) is 23.5 Å². The lowest BCUT2D eigenvalue weighted by Gasteiger charge is -2.33. The summed E-state index contributed by atoms with van der Waals surface area (Å²) in [5.41, 5.74) is 1.72. The van der Waals surface area contributed by atoms with Crippen LogP contribution in [0.4, 0.5) is 4.39 Å². The number of ether oxygens (including phenoxy) is 1. The molecule has 1 aliphatic carbocycles. The topological polar surface area (TPSA) is 58.6 Å². The van der Waals surface area contributed by atoms with E-state index in [-0.39, 0.29) is 24.2 Å². The predicted octanol–water partition coefficient (Wildman–Crippen LogP) is 5.95. The van der Waals surface area contributed by atoms with E-state index in [0.717, 1.165) is 36.8 Å². The fraction of sp³-hybridized carbons (Fsp3) is 0.333. The monoisotopic (exact) mass is 522 g/mol. The van der Waals surface area contributed by atoms with Crippen LogP contribution in [0.25, 0.3) is 0 Å². The van der Waals surface area contributed by atoms with Crippen molar-refractivity contribution < 1.29 is 18.7 Å². The second-order valence-corrected chi connectivity index (χ2v) is 9.86. The highest BCUT2D eigenvalue weighted by atomic mass is 35.5. The van der Waals surface area contributed by atoms with Crippen molar-refractivity contribution in [1.82, 2.24) is 10.2 Å². The summed E-state index contributed by atoms with van der Waals surface area (Å²) in [4.78, 5) is 28.9. The Kier molecular flexibility index (Phi) is 9.55. The van der Waals surface area contributed by atoms with Crippen LogP contribution < -0.4 is 10.1 Å². The van der Waals surface area contributed by atoms with Gasteiger partial charge in [0, 0.05) is 24.0 Å². The zero-order valence-electron chi connectivity index (χ0n) is 20.7. The number of hydrogen-bond acceptors (Lipinski definition) is 3. The van der Waals surface area contributed by atoms with Gasteiger partial charge in [-0.3, -0.25) is 9.59 Å². The number of nitrogens with zero attached hydrogens (tertiary/aromatic N) is 1. The lowest BCUT2D eigenvalue weighted by molar-refractivity contribution is -0.143. The first-order valence-corrected chi connectivity index (χ1v) is 13.1. The average molecular weight is 523 g/mol. The van der Waals surface area contributed by atoms with Gasteiger partial charge in [0.1, 0.15) is 6.04 Å². The van der Waals surface area contributed by atoms with E-state index in [2.05, 4.69) is 5.32 Å². The highest BCUT2D eigenvalue weighted by Crippen LogP contribution is 2.21. The summed E-state index contributed by atoms with van der Waals surface area (Å²) in [7, 11) is 0. The van der Waals surface area contributed by atoms with Crippen LogP contribution in [-0.2, 0) is 22.6 Å². The molecule has 0 aliphatic heterocycles. The Bertz CT molecular complexity index is 1180. The van der Waals surface area contributed by atoms with E-state index in [1.807, 2.05) is 42.5 Å². The van der Waals surface area contributed by atoms with E-state index in [0.29, 0.717) is 11.4 Å². The van der Waals surface area contributed by atoms with Crippen LogP contribution in [0.2, 0.25) is 5.02 Å². The lowest BCUT2D eigenvalue weighted by Crippen LogP contribution is -2.53. The van der Waals surface area contributed by atoms with Gasteiger partial charge in [0.2, 0.25) is 5.91 Å². The molecule has 0 aromatic heterocycles. The zero-order chi connectivity index (χ0) is 26.0. The van der Waals surface area contributed by atoms with Gasteiger partial charge in [-0.1, -0.05) is 85.5 Å². The van der Waals surface area contributed by atoms with Gasteiger partial charge >= 0.3 is 0 Å². The van der Waals surface area contributed by atoms with Gasteiger partial charge in [-0.05, 0) is 48.2 Å². The third-order valence-electron chi connectivity index (χ3n) is 6.65. The van der Waals surface area contributed by atoms with Crippen molar-refractivity contribution >= 4 is 23.4 Å². The standard InChI is InChI=1S/C30H32ClFN2O3/c31-24-13-9-12-23(18-24)20-34(29(35)21-37-28-17-8-7-16-26(28)32)27(19-22-10-3-1-4-11-22)30(36)33-25-14-5-2-6-15-25/h1,3-4,7-13,16-18,25,27H,2,5-6,14-15,19-21H2,(H,33,36)/t27-/m0/s1. The molecule has 7 heteroatoms. The van der Waals surface area contributed by atoms with Crippen LogP contribution in [0.5, 0.6) is 5.75 Å². The molecule has 0 unspecified atom stereocenters. The minimum Gasteiger partial charge on any atom is -0.481 e. The highest BCUT2D eigenvalue weighted by Gasteiger charge is 2.32. The van der Waals surface area contributed by atoms with Crippen LogP contribution in [-0.4, -0.2) is 35.4 Å². The molecule has 1 atom stereocenters. The molecule has 1 saturated carbocycles. The van der Waals surface area contributed by atoms with Gasteiger partial charge in [-0.2, -0.15) is 0 Å².